The number of amides is 2. The molecule has 0 aliphatic carbocycles. The third-order valence-corrected chi connectivity index (χ3v) is 4.72. The number of allylic oxidation sites excluding steroid dienone is 1. The number of carbonyl (C=O) groups excluding carboxylic acids is 2. The summed E-state index contributed by atoms with van der Waals surface area (Å²) in [5.74, 6) is -0.766. The SMILES string of the molecule is C/C=C\N1C(=O)S/C(=C\c2ccc(-c3ccc(Cl)c(C(=O)O)c3)o2)C1=O. The topological polar surface area (TPSA) is 87.8 Å². The lowest BCUT2D eigenvalue weighted by molar-refractivity contribution is -0.120. The molecule has 6 nitrogen and oxygen atoms in total. The van der Waals surface area contributed by atoms with Gasteiger partial charge in [-0.3, -0.25) is 9.59 Å². The van der Waals surface area contributed by atoms with Gasteiger partial charge in [-0.15, -0.1) is 0 Å². The molecule has 0 atom stereocenters. The highest BCUT2D eigenvalue weighted by atomic mass is 35.5. The summed E-state index contributed by atoms with van der Waals surface area (Å²) >= 11 is 6.69. The molecule has 2 heterocycles. The number of carbonyl (C=O) groups is 3. The smallest absolute Gasteiger partial charge is 0.337 e. The van der Waals surface area contributed by atoms with E-state index < -0.39 is 11.9 Å². The van der Waals surface area contributed by atoms with Crippen LogP contribution in [0.25, 0.3) is 17.4 Å². The Hall–Kier alpha value is -2.77. The lowest BCUT2D eigenvalue weighted by atomic mass is 10.1. The number of hydrogen-bond acceptors (Lipinski definition) is 5. The summed E-state index contributed by atoms with van der Waals surface area (Å²) < 4.78 is 5.66. The number of benzene rings is 1. The number of imide groups is 1. The van der Waals surface area contributed by atoms with Crippen LogP contribution in [0.15, 0.2) is 51.9 Å². The maximum absolute atomic E-state index is 12.2. The van der Waals surface area contributed by atoms with Gasteiger partial charge in [0.05, 0.1) is 15.5 Å². The zero-order valence-corrected chi connectivity index (χ0v) is 15.0. The predicted molar refractivity (Wildman–Crippen MR) is 98.7 cm³/mol. The standard InChI is InChI=1S/C18H12ClNO5S/c1-2-7-20-16(21)15(26-18(20)24)9-11-4-6-14(25-11)10-3-5-13(19)12(8-10)17(22)23/h2-9H,1H3,(H,22,23)/b7-2-,15-9-. The highest BCUT2D eigenvalue weighted by Crippen LogP contribution is 2.34. The molecule has 0 saturated carbocycles. The second-order valence-electron chi connectivity index (χ2n) is 5.24. The van der Waals surface area contributed by atoms with E-state index in [1.165, 1.54) is 24.4 Å². The Morgan fingerprint density at radius 3 is 2.73 bits per heavy atom. The normalized spacial score (nSPS) is 16.2. The van der Waals surface area contributed by atoms with Crippen molar-refractivity contribution >= 4 is 46.6 Å². The fourth-order valence-corrected chi connectivity index (χ4v) is 3.30. The Morgan fingerprint density at radius 2 is 2.04 bits per heavy atom. The van der Waals surface area contributed by atoms with Gasteiger partial charge in [-0.05, 0) is 49.0 Å². The van der Waals surface area contributed by atoms with E-state index in [0.29, 0.717) is 17.1 Å². The van der Waals surface area contributed by atoms with Crippen molar-refractivity contribution in [3.05, 3.63) is 63.9 Å². The Kier molecular flexibility index (Phi) is 5.01. The van der Waals surface area contributed by atoms with Crippen LogP contribution in [0.2, 0.25) is 5.02 Å². The molecule has 8 heteroatoms. The number of aromatic carboxylic acids is 1. The zero-order chi connectivity index (χ0) is 18.8. The first-order chi connectivity index (χ1) is 12.4. The Morgan fingerprint density at radius 1 is 1.27 bits per heavy atom. The van der Waals surface area contributed by atoms with Gasteiger partial charge in [0.2, 0.25) is 0 Å². The summed E-state index contributed by atoms with van der Waals surface area (Å²) in [5.41, 5.74) is 0.503. The van der Waals surface area contributed by atoms with Gasteiger partial charge in [0.1, 0.15) is 11.5 Å². The summed E-state index contributed by atoms with van der Waals surface area (Å²) in [6.45, 7) is 1.71. The van der Waals surface area contributed by atoms with Crippen LogP contribution in [0, 0.1) is 0 Å². The average Bonchev–Trinajstić information content (AvgIpc) is 3.16. The molecule has 2 aromatic rings. The quantitative estimate of drug-likeness (QED) is 0.750. The summed E-state index contributed by atoms with van der Waals surface area (Å²) in [6.07, 6.45) is 4.49. The highest BCUT2D eigenvalue weighted by molar-refractivity contribution is 8.18. The molecule has 0 radical (unpaired) electrons. The minimum atomic E-state index is -1.14. The molecule has 2 amide bonds. The summed E-state index contributed by atoms with van der Waals surface area (Å²) in [7, 11) is 0. The van der Waals surface area contributed by atoms with Crippen molar-refractivity contribution in [1.29, 1.82) is 0 Å². The van der Waals surface area contributed by atoms with E-state index >= 15 is 0 Å². The molecule has 0 unspecified atom stereocenters. The fraction of sp³-hybridized carbons (Fsp3) is 0.0556. The first kappa shape index (κ1) is 18.0. The number of halogens is 1. The Bertz CT molecular complexity index is 976. The van der Waals surface area contributed by atoms with Gasteiger partial charge in [0.25, 0.3) is 11.1 Å². The average molecular weight is 390 g/mol. The summed E-state index contributed by atoms with van der Waals surface area (Å²) in [4.78, 5) is 36.5. The van der Waals surface area contributed by atoms with E-state index in [9.17, 15) is 14.4 Å². The van der Waals surface area contributed by atoms with Crippen LogP contribution in [0.1, 0.15) is 23.0 Å². The molecule has 1 fully saturated rings. The van der Waals surface area contributed by atoms with Gasteiger partial charge < -0.3 is 9.52 Å². The maximum atomic E-state index is 12.2. The Labute approximate surface area is 157 Å². The van der Waals surface area contributed by atoms with Crippen molar-refractivity contribution in [2.45, 2.75) is 6.92 Å². The number of rotatable bonds is 4. The molecule has 1 saturated heterocycles. The van der Waals surface area contributed by atoms with Crippen molar-refractivity contribution in [2.24, 2.45) is 0 Å². The molecule has 3 rings (SSSR count). The second kappa shape index (κ2) is 7.23. The van der Waals surface area contributed by atoms with Crippen molar-refractivity contribution < 1.29 is 23.9 Å². The lowest BCUT2D eigenvalue weighted by Gasteiger charge is -2.03. The fourth-order valence-electron chi connectivity index (χ4n) is 2.31. The molecule has 26 heavy (non-hydrogen) atoms. The summed E-state index contributed by atoms with van der Waals surface area (Å²) in [5, 5.41) is 8.90. The largest absolute Gasteiger partial charge is 0.478 e. The van der Waals surface area contributed by atoms with E-state index in [0.717, 1.165) is 16.7 Å². The van der Waals surface area contributed by atoms with Crippen molar-refractivity contribution in [3.8, 4) is 11.3 Å². The van der Waals surface area contributed by atoms with Crippen LogP contribution in [0.3, 0.4) is 0 Å². The van der Waals surface area contributed by atoms with E-state index in [1.54, 1.807) is 31.2 Å². The van der Waals surface area contributed by atoms with Crippen molar-refractivity contribution in [2.75, 3.05) is 0 Å². The van der Waals surface area contributed by atoms with Gasteiger partial charge in [0, 0.05) is 17.8 Å². The van der Waals surface area contributed by atoms with Crippen LogP contribution < -0.4 is 0 Å². The molecule has 1 N–H and O–H groups in total. The number of nitrogens with zero attached hydrogens (tertiary/aromatic N) is 1. The minimum absolute atomic E-state index is 0.0328. The molecular weight excluding hydrogens is 378 g/mol. The highest BCUT2D eigenvalue weighted by Gasteiger charge is 2.33. The number of carboxylic acids is 1. The van der Waals surface area contributed by atoms with Crippen LogP contribution >= 0.6 is 23.4 Å². The van der Waals surface area contributed by atoms with Crippen LogP contribution in [0.5, 0.6) is 0 Å². The number of carboxylic acid groups (broad SMARTS) is 1. The monoisotopic (exact) mass is 389 g/mol. The number of furan rings is 1. The van der Waals surface area contributed by atoms with Gasteiger partial charge in [-0.1, -0.05) is 17.7 Å². The lowest BCUT2D eigenvalue weighted by Crippen LogP contribution is -2.21. The molecule has 1 aromatic heterocycles. The van der Waals surface area contributed by atoms with Gasteiger partial charge in [-0.2, -0.15) is 0 Å². The minimum Gasteiger partial charge on any atom is -0.478 e. The first-order valence-electron chi connectivity index (χ1n) is 7.43. The van der Waals surface area contributed by atoms with Crippen LogP contribution in [-0.4, -0.2) is 27.1 Å². The zero-order valence-electron chi connectivity index (χ0n) is 13.4. The predicted octanol–water partition coefficient (Wildman–Crippen LogP) is 4.87. The van der Waals surface area contributed by atoms with Crippen molar-refractivity contribution in [1.82, 2.24) is 4.90 Å². The number of thioether (sulfide) groups is 1. The second-order valence-corrected chi connectivity index (χ2v) is 6.64. The van der Waals surface area contributed by atoms with Crippen LogP contribution in [0.4, 0.5) is 4.79 Å². The van der Waals surface area contributed by atoms with E-state index in [2.05, 4.69) is 0 Å². The molecule has 1 aliphatic rings. The third-order valence-electron chi connectivity index (χ3n) is 3.50. The molecule has 0 bridgehead atoms. The van der Waals surface area contributed by atoms with E-state index in [1.807, 2.05) is 0 Å². The number of hydrogen-bond donors (Lipinski definition) is 1. The third kappa shape index (κ3) is 3.44. The van der Waals surface area contributed by atoms with Gasteiger partial charge >= 0.3 is 5.97 Å². The van der Waals surface area contributed by atoms with E-state index in [-0.39, 0.29) is 20.7 Å². The van der Waals surface area contributed by atoms with Gasteiger partial charge in [-0.25, -0.2) is 9.69 Å². The molecule has 1 aromatic carbocycles. The van der Waals surface area contributed by atoms with Crippen LogP contribution in [-0.2, 0) is 4.79 Å². The van der Waals surface area contributed by atoms with Gasteiger partial charge in [0.15, 0.2) is 0 Å². The maximum Gasteiger partial charge on any atom is 0.337 e. The van der Waals surface area contributed by atoms with Crippen molar-refractivity contribution in [3.63, 3.8) is 0 Å². The molecule has 132 valence electrons. The molecule has 0 spiro atoms. The Balaban J connectivity index is 1.90. The molecular formula is C18H12ClNO5S. The summed E-state index contributed by atoms with van der Waals surface area (Å²) in [6, 6.07) is 7.81. The van der Waals surface area contributed by atoms with E-state index in [4.69, 9.17) is 21.1 Å². The first-order valence-corrected chi connectivity index (χ1v) is 8.63. The molecule has 1 aliphatic heterocycles.